The quantitative estimate of drug-likeness (QED) is 0.346. The van der Waals surface area contributed by atoms with Crippen LogP contribution in [-0.4, -0.2) is 4.89 Å². The second-order valence-electron chi connectivity index (χ2n) is 13.9. The van der Waals surface area contributed by atoms with E-state index >= 15 is 0 Å². The molecule has 202 valence electrons. The molecule has 0 atom stereocenters. The summed E-state index contributed by atoms with van der Waals surface area (Å²) in [4.78, 5) is 11.2. The van der Waals surface area contributed by atoms with Crippen LogP contribution in [0.4, 0.5) is 0 Å². The molecule has 0 amide bonds. The Morgan fingerprint density at radius 1 is 0.583 bits per heavy atom. The van der Waals surface area contributed by atoms with E-state index in [9.17, 15) is 4.89 Å². The Morgan fingerprint density at radius 2 is 0.889 bits per heavy atom. The number of hydrogen-bond acceptors (Lipinski definition) is 5. The van der Waals surface area contributed by atoms with E-state index in [0.29, 0.717) is 24.6 Å². The Hall–Kier alpha value is -1.65. The first-order valence-corrected chi connectivity index (χ1v) is 13.9. The molecule has 0 saturated carbocycles. The lowest BCUT2D eigenvalue weighted by atomic mass is 9.79. The first kappa shape index (κ1) is 30.6. The first-order chi connectivity index (χ1) is 16.2. The molecule has 0 aliphatic carbocycles. The molecule has 0 spiro atoms. The summed E-state index contributed by atoms with van der Waals surface area (Å²) in [6.07, 6.45) is 0. The van der Waals surface area contributed by atoms with Crippen LogP contribution >= 0.6 is 8.60 Å². The molecular formula is C30H49N2O3P. The van der Waals surface area contributed by atoms with Gasteiger partial charge in [-0.3, -0.25) is 0 Å². The zero-order valence-corrected chi connectivity index (χ0v) is 25.5. The lowest BCUT2D eigenvalue weighted by Gasteiger charge is -2.31. The highest BCUT2D eigenvalue weighted by Gasteiger charge is 2.31. The van der Waals surface area contributed by atoms with Gasteiger partial charge in [-0.1, -0.05) is 107 Å². The molecule has 5 N–H and O–H groups in total. The van der Waals surface area contributed by atoms with Crippen LogP contribution in [0.25, 0.3) is 0 Å². The topological polar surface area (TPSA) is 90.7 Å². The van der Waals surface area contributed by atoms with Gasteiger partial charge in [0.05, 0.1) is 0 Å². The van der Waals surface area contributed by atoms with Crippen molar-refractivity contribution in [2.45, 2.75) is 118 Å². The maximum absolute atomic E-state index is 11.2. The van der Waals surface area contributed by atoms with E-state index < -0.39 is 8.60 Å². The second kappa shape index (κ2) is 10.6. The number of benzene rings is 2. The average Bonchev–Trinajstić information content (AvgIpc) is 2.70. The molecule has 36 heavy (non-hydrogen) atoms. The molecule has 0 fully saturated rings. The summed E-state index contributed by atoms with van der Waals surface area (Å²) < 4.78 is 12.4. The fourth-order valence-corrected chi connectivity index (χ4v) is 4.83. The Labute approximate surface area is 221 Å². The highest BCUT2D eigenvalue weighted by molar-refractivity contribution is 7.41. The Balaban J connectivity index is 2.61. The van der Waals surface area contributed by atoms with Gasteiger partial charge in [0.15, 0.2) is 0 Å². The highest BCUT2D eigenvalue weighted by Crippen LogP contribution is 2.48. The summed E-state index contributed by atoms with van der Waals surface area (Å²) >= 11 is 0. The van der Waals surface area contributed by atoms with Crippen molar-refractivity contribution in [2.24, 2.45) is 11.5 Å². The van der Waals surface area contributed by atoms with Gasteiger partial charge in [-0.2, -0.15) is 0 Å². The lowest BCUT2D eigenvalue weighted by molar-refractivity contribution is 0.367. The Kier molecular flexibility index (Phi) is 9.01. The lowest BCUT2D eigenvalue weighted by Crippen LogP contribution is -2.20. The van der Waals surface area contributed by atoms with Crippen molar-refractivity contribution in [3.8, 4) is 11.5 Å². The summed E-state index contributed by atoms with van der Waals surface area (Å²) in [6.45, 7) is 26.5. The van der Waals surface area contributed by atoms with Crippen molar-refractivity contribution in [1.82, 2.24) is 0 Å². The van der Waals surface area contributed by atoms with E-state index in [2.05, 4.69) is 107 Å². The van der Waals surface area contributed by atoms with Crippen LogP contribution < -0.4 is 20.5 Å². The zero-order valence-electron chi connectivity index (χ0n) is 24.6. The van der Waals surface area contributed by atoms with E-state index in [0.717, 1.165) is 22.3 Å². The summed E-state index contributed by atoms with van der Waals surface area (Å²) in [6, 6.07) is 8.50. The molecule has 0 unspecified atom stereocenters. The van der Waals surface area contributed by atoms with Crippen molar-refractivity contribution in [1.29, 1.82) is 0 Å². The Bertz CT molecular complexity index is 983. The van der Waals surface area contributed by atoms with Gasteiger partial charge in [0.1, 0.15) is 11.5 Å². The van der Waals surface area contributed by atoms with E-state index in [4.69, 9.17) is 20.5 Å². The fourth-order valence-electron chi connectivity index (χ4n) is 4.05. The maximum atomic E-state index is 11.2. The van der Waals surface area contributed by atoms with E-state index in [-0.39, 0.29) is 21.7 Å². The van der Waals surface area contributed by atoms with Gasteiger partial charge in [0.25, 0.3) is 0 Å². The van der Waals surface area contributed by atoms with Gasteiger partial charge < -0.3 is 25.4 Å². The molecule has 0 aliphatic rings. The monoisotopic (exact) mass is 516 g/mol. The number of rotatable bonds is 6. The minimum absolute atomic E-state index is 0.0463. The molecule has 0 radical (unpaired) electrons. The molecule has 5 nitrogen and oxygen atoms in total. The van der Waals surface area contributed by atoms with Crippen molar-refractivity contribution in [3.05, 3.63) is 57.6 Å². The zero-order chi connectivity index (χ0) is 27.9. The molecule has 0 heterocycles. The van der Waals surface area contributed by atoms with E-state index in [1.807, 2.05) is 0 Å². The third kappa shape index (κ3) is 7.22. The van der Waals surface area contributed by atoms with Crippen LogP contribution in [0.1, 0.15) is 116 Å². The number of nitrogens with two attached hydrogens (primary N) is 2. The molecule has 2 aromatic carbocycles. The average molecular weight is 517 g/mol. The fraction of sp³-hybridized carbons (Fsp3) is 0.600. The minimum Gasteiger partial charge on any atom is -0.417 e. The van der Waals surface area contributed by atoms with Crippen molar-refractivity contribution in [2.75, 3.05) is 0 Å². The van der Waals surface area contributed by atoms with Crippen LogP contribution in [0.3, 0.4) is 0 Å². The van der Waals surface area contributed by atoms with E-state index in [1.54, 1.807) is 0 Å². The Morgan fingerprint density at radius 3 is 1.11 bits per heavy atom. The second-order valence-corrected chi connectivity index (χ2v) is 14.7. The van der Waals surface area contributed by atoms with Crippen LogP contribution in [0.15, 0.2) is 24.3 Å². The van der Waals surface area contributed by atoms with E-state index in [1.165, 1.54) is 11.1 Å². The molecule has 0 aliphatic heterocycles. The normalized spacial score (nSPS) is 13.3. The molecule has 2 rings (SSSR count). The van der Waals surface area contributed by atoms with Gasteiger partial charge >= 0.3 is 8.60 Å². The predicted octanol–water partition coefficient (Wildman–Crippen LogP) is 7.47. The SMILES string of the molecule is CC(C)(C)c1cc(CN)c(OP(O)Oc2c(CN)cc(C(C)(C)C)cc2C(C)(C)C)c(C(C)(C)C)c1. The van der Waals surface area contributed by atoms with Crippen LogP contribution in [0, 0.1) is 0 Å². The summed E-state index contributed by atoms with van der Waals surface area (Å²) in [5, 5.41) is 0. The first-order valence-electron chi connectivity index (χ1n) is 12.8. The predicted molar refractivity (Wildman–Crippen MR) is 154 cm³/mol. The number of hydrogen-bond donors (Lipinski definition) is 3. The molecule has 0 aromatic heterocycles. The van der Waals surface area contributed by atoms with Crippen LogP contribution in [0.2, 0.25) is 0 Å². The minimum atomic E-state index is -2.29. The van der Waals surface area contributed by atoms with Gasteiger partial charge in [-0.05, 0) is 32.8 Å². The van der Waals surface area contributed by atoms with Crippen molar-refractivity contribution >= 4 is 8.60 Å². The third-order valence-electron chi connectivity index (χ3n) is 6.46. The molecule has 6 heteroatoms. The molecule has 0 saturated heterocycles. The highest BCUT2D eigenvalue weighted by atomic mass is 31.2. The van der Waals surface area contributed by atoms with Crippen molar-refractivity contribution < 1.29 is 13.9 Å². The smallest absolute Gasteiger partial charge is 0.417 e. The standard InChI is InChI=1S/C30H49N2O3P/c1-27(2,3)21-13-19(17-31)25(23(15-21)29(7,8)9)34-36(33)35-26-20(18-32)14-22(28(4,5)6)16-24(26)30(10,11)12/h13-16,33H,17-18,31-32H2,1-12H3. The van der Waals surface area contributed by atoms with Gasteiger partial charge in [-0.15, -0.1) is 0 Å². The van der Waals surface area contributed by atoms with Crippen LogP contribution in [-0.2, 0) is 34.7 Å². The van der Waals surface area contributed by atoms with Crippen LogP contribution in [0.5, 0.6) is 11.5 Å². The van der Waals surface area contributed by atoms with Gasteiger partial charge in [0.2, 0.25) is 0 Å². The van der Waals surface area contributed by atoms with Gasteiger partial charge in [-0.25, -0.2) is 0 Å². The summed E-state index contributed by atoms with van der Waals surface area (Å²) in [5.74, 6) is 1.20. The van der Waals surface area contributed by atoms with Gasteiger partial charge in [0, 0.05) is 35.3 Å². The van der Waals surface area contributed by atoms with Crippen molar-refractivity contribution in [3.63, 3.8) is 0 Å². The largest absolute Gasteiger partial charge is 0.460 e. The molecular weight excluding hydrogens is 467 g/mol. The molecule has 2 aromatic rings. The summed E-state index contributed by atoms with van der Waals surface area (Å²) in [7, 11) is -2.29. The third-order valence-corrected chi connectivity index (χ3v) is 7.14. The maximum Gasteiger partial charge on any atom is 0.460 e. The molecule has 0 bridgehead atoms. The summed E-state index contributed by atoms with van der Waals surface area (Å²) in [5.41, 5.74) is 17.9.